The predicted molar refractivity (Wildman–Crippen MR) is 176 cm³/mol. The number of carbonyl (C=O) groups excluding carboxylic acids is 2. The zero-order valence-corrected chi connectivity index (χ0v) is 28.1. The standard InChI is InChI=1S/C32H39ClN4O8S/c1-6-8-17-34-32(39)27(7-2)35(20-23-10-13-25(44-4)14-11-23)31(38)21-36(29-18-24(33)12-16-30(29)45-5)46(42,43)26-15-9-22(3)28(19-26)37(40)41/h9-16,18-19,27H,6-8,17,20-21H2,1-5H3,(H,34,39)/t27-/m0/s1. The van der Waals surface area contributed by atoms with Crippen molar-refractivity contribution >= 4 is 44.8 Å². The molecule has 0 fully saturated rings. The van der Waals surface area contributed by atoms with Gasteiger partial charge in [-0.15, -0.1) is 0 Å². The summed E-state index contributed by atoms with van der Waals surface area (Å²) < 4.78 is 40.0. The summed E-state index contributed by atoms with van der Waals surface area (Å²) in [5.74, 6) is -0.376. The van der Waals surface area contributed by atoms with E-state index in [1.165, 1.54) is 56.4 Å². The van der Waals surface area contributed by atoms with Gasteiger partial charge in [-0.2, -0.15) is 0 Å². The Hall–Kier alpha value is -4.36. The number of nitrogens with one attached hydrogen (secondary N) is 1. The smallest absolute Gasteiger partial charge is 0.273 e. The molecule has 1 N–H and O–H groups in total. The maximum atomic E-state index is 14.3. The van der Waals surface area contributed by atoms with Gasteiger partial charge < -0.3 is 19.7 Å². The van der Waals surface area contributed by atoms with Crippen LogP contribution in [0, 0.1) is 17.0 Å². The molecule has 1 atom stereocenters. The number of nitrogens with zero attached hydrogens (tertiary/aromatic N) is 3. The highest BCUT2D eigenvalue weighted by molar-refractivity contribution is 7.92. The summed E-state index contributed by atoms with van der Waals surface area (Å²) >= 11 is 6.28. The van der Waals surface area contributed by atoms with Crippen LogP contribution in [0.1, 0.15) is 44.2 Å². The van der Waals surface area contributed by atoms with E-state index >= 15 is 0 Å². The molecule has 0 aromatic heterocycles. The van der Waals surface area contributed by atoms with Crippen LogP contribution in [0.4, 0.5) is 11.4 Å². The van der Waals surface area contributed by atoms with Crippen molar-refractivity contribution < 1.29 is 32.4 Å². The molecule has 0 spiro atoms. The Bertz CT molecular complexity index is 1650. The fraction of sp³-hybridized carbons (Fsp3) is 0.375. The normalized spacial score (nSPS) is 11.8. The third-order valence-electron chi connectivity index (χ3n) is 7.38. The Balaban J connectivity index is 2.16. The van der Waals surface area contributed by atoms with E-state index in [0.29, 0.717) is 17.9 Å². The van der Waals surface area contributed by atoms with E-state index in [1.807, 2.05) is 6.92 Å². The number of methoxy groups -OCH3 is 2. The third-order valence-corrected chi connectivity index (χ3v) is 9.37. The lowest BCUT2D eigenvalue weighted by Gasteiger charge is -2.33. The number of benzene rings is 3. The van der Waals surface area contributed by atoms with Crippen molar-refractivity contribution in [1.82, 2.24) is 10.2 Å². The molecule has 248 valence electrons. The number of amides is 2. The van der Waals surface area contributed by atoms with Crippen molar-refractivity contribution in [3.63, 3.8) is 0 Å². The Morgan fingerprint density at radius 3 is 2.30 bits per heavy atom. The molecule has 12 nitrogen and oxygen atoms in total. The fourth-order valence-corrected chi connectivity index (χ4v) is 6.40. The molecular formula is C32H39ClN4O8S. The molecule has 0 bridgehead atoms. The number of carbonyl (C=O) groups is 2. The summed E-state index contributed by atoms with van der Waals surface area (Å²) in [5.41, 5.74) is 0.480. The lowest BCUT2D eigenvalue weighted by atomic mass is 10.1. The first-order valence-corrected chi connectivity index (χ1v) is 16.5. The summed E-state index contributed by atoms with van der Waals surface area (Å²) in [6, 6.07) is 13.8. The molecule has 14 heteroatoms. The van der Waals surface area contributed by atoms with Gasteiger partial charge in [-0.1, -0.05) is 50.1 Å². The molecule has 46 heavy (non-hydrogen) atoms. The molecule has 0 saturated carbocycles. The Labute approximate surface area is 274 Å². The van der Waals surface area contributed by atoms with E-state index in [2.05, 4.69) is 5.32 Å². The number of anilines is 1. The Kier molecular flexibility index (Phi) is 12.8. The summed E-state index contributed by atoms with van der Waals surface area (Å²) in [7, 11) is -1.77. The van der Waals surface area contributed by atoms with Crippen molar-refractivity contribution in [3.8, 4) is 11.5 Å². The third kappa shape index (κ3) is 8.67. The maximum absolute atomic E-state index is 14.3. The van der Waals surface area contributed by atoms with Gasteiger partial charge in [-0.3, -0.25) is 24.0 Å². The molecular weight excluding hydrogens is 636 g/mol. The molecule has 0 unspecified atom stereocenters. The minimum atomic E-state index is -4.63. The molecule has 2 amide bonds. The van der Waals surface area contributed by atoms with Crippen LogP contribution in [0.25, 0.3) is 0 Å². The van der Waals surface area contributed by atoms with Crippen LogP contribution in [0.15, 0.2) is 65.6 Å². The highest BCUT2D eigenvalue weighted by Crippen LogP contribution is 2.36. The minimum absolute atomic E-state index is 0.0148. The summed E-state index contributed by atoms with van der Waals surface area (Å²) in [6.45, 7) is 4.88. The summed E-state index contributed by atoms with van der Waals surface area (Å²) in [5, 5.41) is 14.7. The second kappa shape index (κ2) is 16.3. The molecule has 0 saturated heterocycles. The lowest BCUT2D eigenvalue weighted by molar-refractivity contribution is -0.385. The Morgan fingerprint density at radius 2 is 1.72 bits per heavy atom. The summed E-state index contributed by atoms with van der Waals surface area (Å²) in [4.78, 5) is 39.6. The molecule has 0 aliphatic carbocycles. The van der Waals surface area contributed by atoms with E-state index in [1.54, 1.807) is 31.2 Å². The van der Waals surface area contributed by atoms with Gasteiger partial charge in [-0.05, 0) is 61.7 Å². The second-order valence-electron chi connectivity index (χ2n) is 10.5. The van der Waals surface area contributed by atoms with Crippen LogP contribution < -0.4 is 19.1 Å². The van der Waals surface area contributed by atoms with Crippen molar-refractivity contribution in [2.75, 3.05) is 31.6 Å². The first-order chi connectivity index (χ1) is 21.9. The number of nitro groups is 1. The van der Waals surface area contributed by atoms with E-state index in [0.717, 1.165) is 23.2 Å². The van der Waals surface area contributed by atoms with Crippen molar-refractivity contribution in [3.05, 3.63) is 86.9 Å². The zero-order valence-electron chi connectivity index (χ0n) is 26.5. The maximum Gasteiger partial charge on any atom is 0.273 e. The number of unbranched alkanes of at least 4 members (excludes halogenated alkanes) is 1. The van der Waals surface area contributed by atoms with Crippen molar-refractivity contribution in [2.24, 2.45) is 0 Å². The van der Waals surface area contributed by atoms with Crippen molar-refractivity contribution in [2.45, 2.75) is 57.5 Å². The number of nitro benzene ring substituents is 1. The largest absolute Gasteiger partial charge is 0.497 e. The van der Waals surface area contributed by atoms with Gasteiger partial charge >= 0.3 is 0 Å². The highest BCUT2D eigenvalue weighted by Gasteiger charge is 2.35. The van der Waals surface area contributed by atoms with Gasteiger partial charge in [0.2, 0.25) is 11.8 Å². The average molecular weight is 675 g/mol. The lowest BCUT2D eigenvalue weighted by Crippen LogP contribution is -2.52. The van der Waals surface area contributed by atoms with E-state index in [-0.39, 0.29) is 40.9 Å². The SMILES string of the molecule is CCCCNC(=O)[C@H](CC)N(Cc1ccc(OC)cc1)C(=O)CN(c1cc(Cl)ccc1OC)S(=O)(=O)c1ccc(C)c([N+](=O)[O-])c1. The van der Waals surface area contributed by atoms with Gasteiger partial charge in [-0.25, -0.2) is 8.42 Å². The first kappa shape index (κ1) is 36.1. The minimum Gasteiger partial charge on any atom is -0.497 e. The molecule has 0 aliphatic rings. The zero-order chi connectivity index (χ0) is 34.0. The molecule has 3 aromatic rings. The van der Waals surface area contributed by atoms with Crippen LogP contribution in [0.2, 0.25) is 5.02 Å². The van der Waals surface area contributed by atoms with E-state index in [4.69, 9.17) is 21.1 Å². The van der Waals surface area contributed by atoms with Gasteiger partial charge in [0.1, 0.15) is 24.1 Å². The van der Waals surface area contributed by atoms with E-state index < -0.39 is 44.0 Å². The van der Waals surface area contributed by atoms with Gasteiger partial charge in [0.25, 0.3) is 15.7 Å². The van der Waals surface area contributed by atoms with Crippen LogP contribution >= 0.6 is 11.6 Å². The fourth-order valence-electron chi connectivity index (χ4n) is 4.80. The monoisotopic (exact) mass is 674 g/mol. The molecule has 0 radical (unpaired) electrons. The number of aryl methyl sites for hydroxylation is 1. The number of ether oxygens (including phenoxy) is 2. The molecule has 0 aliphatic heterocycles. The van der Waals surface area contributed by atoms with E-state index in [9.17, 15) is 28.1 Å². The quantitative estimate of drug-likeness (QED) is 0.119. The first-order valence-electron chi connectivity index (χ1n) is 14.7. The molecule has 0 heterocycles. The van der Waals surface area contributed by atoms with Crippen LogP contribution in [-0.4, -0.2) is 63.4 Å². The number of hydrogen-bond donors (Lipinski definition) is 1. The van der Waals surface area contributed by atoms with Crippen LogP contribution in [0.5, 0.6) is 11.5 Å². The summed E-state index contributed by atoms with van der Waals surface area (Å²) in [6.07, 6.45) is 1.85. The number of halogens is 1. The average Bonchev–Trinajstić information content (AvgIpc) is 3.03. The van der Waals surface area contributed by atoms with Gasteiger partial charge in [0, 0.05) is 29.7 Å². The Morgan fingerprint density at radius 1 is 1.02 bits per heavy atom. The molecule has 3 aromatic carbocycles. The van der Waals surface area contributed by atoms with Gasteiger partial charge in [0.15, 0.2) is 0 Å². The van der Waals surface area contributed by atoms with Gasteiger partial charge in [0.05, 0.1) is 29.7 Å². The number of hydrogen-bond acceptors (Lipinski definition) is 8. The number of sulfonamides is 1. The molecule has 3 rings (SSSR count). The van der Waals surface area contributed by atoms with Crippen LogP contribution in [-0.2, 0) is 26.2 Å². The topological polar surface area (TPSA) is 148 Å². The second-order valence-corrected chi connectivity index (χ2v) is 12.8. The predicted octanol–water partition coefficient (Wildman–Crippen LogP) is 5.49. The van der Waals surface area contributed by atoms with Crippen molar-refractivity contribution in [1.29, 1.82) is 0 Å². The van der Waals surface area contributed by atoms with Crippen LogP contribution in [0.3, 0.4) is 0 Å². The highest BCUT2D eigenvalue weighted by atomic mass is 35.5. The number of rotatable bonds is 16.